The molecule has 2 aromatic heterocycles. The quantitative estimate of drug-likeness (QED) is 0.316. The van der Waals surface area contributed by atoms with Gasteiger partial charge >= 0.3 is 0 Å². The van der Waals surface area contributed by atoms with E-state index in [2.05, 4.69) is 74.9 Å². The lowest BCUT2D eigenvalue weighted by atomic mass is 9.86. The van der Waals surface area contributed by atoms with E-state index in [0.717, 1.165) is 11.2 Å². The number of furan rings is 1. The fourth-order valence-corrected chi connectivity index (χ4v) is 3.89. The molecule has 0 saturated heterocycles. The van der Waals surface area contributed by atoms with Crippen LogP contribution in [-0.2, 0) is 12.5 Å². The number of benzene rings is 3. The molecule has 2 heterocycles. The van der Waals surface area contributed by atoms with Gasteiger partial charge in [-0.1, -0.05) is 45.0 Å². The molecule has 5 aromatic rings. The van der Waals surface area contributed by atoms with Crippen LogP contribution in [0.15, 0.2) is 59.0 Å². The third kappa shape index (κ3) is 1.97. The molecule has 0 atom stereocenters. The highest BCUT2D eigenvalue weighted by atomic mass is 16.3. The number of rotatable bonds is 0. The number of aromatic nitrogens is 1. The zero-order valence-corrected chi connectivity index (χ0v) is 15.1. The number of para-hydroxylation sites is 1. The maximum Gasteiger partial charge on any atom is 0.136 e. The predicted octanol–water partition coefficient (Wildman–Crippen LogP) is 6.53. The van der Waals surface area contributed by atoms with Gasteiger partial charge in [0.15, 0.2) is 0 Å². The van der Waals surface area contributed by atoms with Gasteiger partial charge in [-0.2, -0.15) is 0 Å². The van der Waals surface area contributed by atoms with Gasteiger partial charge in [0.1, 0.15) is 11.2 Å². The molecule has 0 amide bonds. The van der Waals surface area contributed by atoms with E-state index in [4.69, 9.17) is 4.42 Å². The van der Waals surface area contributed by atoms with Gasteiger partial charge in [-0.3, -0.25) is 0 Å². The van der Waals surface area contributed by atoms with Gasteiger partial charge in [-0.15, -0.1) is 0 Å². The molecule has 2 heteroatoms. The molecule has 0 radical (unpaired) electrons. The number of hydrogen-bond donors (Lipinski definition) is 0. The Balaban J connectivity index is 1.94. The second kappa shape index (κ2) is 4.66. The summed E-state index contributed by atoms with van der Waals surface area (Å²) in [5, 5.41) is 4.92. The lowest BCUT2D eigenvalue weighted by molar-refractivity contribution is 0.591. The maximum absolute atomic E-state index is 6.11. The van der Waals surface area contributed by atoms with Crippen LogP contribution in [0.3, 0.4) is 0 Å². The molecular formula is C23H21NO. The highest BCUT2D eigenvalue weighted by Crippen LogP contribution is 2.37. The molecule has 0 aliphatic carbocycles. The van der Waals surface area contributed by atoms with Crippen molar-refractivity contribution in [2.75, 3.05) is 0 Å². The van der Waals surface area contributed by atoms with Gasteiger partial charge in [0.25, 0.3) is 0 Å². The average molecular weight is 327 g/mol. The fourth-order valence-electron chi connectivity index (χ4n) is 3.89. The Bertz CT molecular complexity index is 1280. The minimum Gasteiger partial charge on any atom is -0.456 e. The van der Waals surface area contributed by atoms with Crippen LogP contribution in [0.1, 0.15) is 26.3 Å². The Kier molecular flexibility index (Phi) is 2.72. The van der Waals surface area contributed by atoms with E-state index in [0.29, 0.717) is 0 Å². The van der Waals surface area contributed by atoms with Crippen molar-refractivity contribution in [3.8, 4) is 0 Å². The topological polar surface area (TPSA) is 18.1 Å². The summed E-state index contributed by atoms with van der Waals surface area (Å²) in [6, 6.07) is 19.6. The second-order valence-electron chi connectivity index (χ2n) is 8.00. The smallest absolute Gasteiger partial charge is 0.136 e. The third-order valence-electron chi connectivity index (χ3n) is 5.37. The van der Waals surface area contributed by atoms with Crippen LogP contribution in [0, 0.1) is 0 Å². The molecule has 3 aromatic carbocycles. The summed E-state index contributed by atoms with van der Waals surface area (Å²) in [6.45, 7) is 6.78. The van der Waals surface area contributed by atoms with E-state index >= 15 is 0 Å². The van der Waals surface area contributed by atoms with Crippen molar-refractivity contribution >= 4 is 43.7 Å². The Labute approximate surface area is 146 Å². The summed E-state index contributed by atoms with van der Waals surface area (Å²) in [7, 11) is 2.15. The van der Waals surface area contributed by atoms with Crippen LogP contribution < -0.4 is 0 Å². The SMILES string of the molecule is Cn1c2ccc(C(C)(C)C)cc2c2cc3oc4ccccc4c3cc21. The van der Waals surface area contributed by atoms with E-state index in [1.807, 2.05) is 12.1 Å². The molecule has 2 nitrogen and oxygen atoms in total. The van der Waals surface area contributed by atoms with E-state index in [9.17, 15) is 0 Å². The van der Waals surface area contributed by atoms with Crippen LogP contribution in [0.2, 0.25) is 0 Å². The van der Waals surface area contributed by atoms with Crippen molar-refractivity contribution in [2.24, 2.45) is 7.05 Å². The first-order chi connectivity index (χ1) is 11.9. The fraction of sp³-hybridized carbons (Fsp3) is 0.217. The number of aryl methyl sites for hydroxylation is 1. The van der Waals surface area contributed by atoms with Gasteiger partial charge in [0.05, 0.1) is 0 Å². The van der Waals surface area contributed by atoms with Crippen LogP contribution >= 0.6 is 0 Å². The van der Waals surface area contributed by atoms with E-state index < -0.39 is 0 Å². The predicted molar refractivity (Wildman–Crippen MR) is 106 cm³/mol. The van der Waals surface area contributed by atoms with Gasteiger partial charge < -0.3 is 8.98 Å². The lowest BCUT2D eigenvalue weighted by Crippen LogP contribution is -2.10. The van der Waals surface area contributed by atoms with Crippen molar-refractivity contribution in [3.63, 3.8) is 0 Å². The van der Waals surface area contributed by atoms with Crippen molar-refractivity contribution in [1.29, 1.82) is 0 Å². The normalized spacial score (nSPS) is 12.8. The minimum atomic E-state index is 0.139. The van der Waals surface area contributed by atoms with Gasteiger partial charge in [-0.25, -0.2) is 0 Å². The summed E-state index contributed by atoms with van der Waals surface area (Å²) in [5.74, 6) is 0. The molecule has 0 saturated carbocycles. The zero-order chi connectivity index (χ0) is 17.3. The Morgan fingerprint density at radius 3 is 2.28 bits per heavy atom. The Morgan fingerprint density at radius 1 is 0.720 bits per heavy atom. The Morgan fingerprint density at radius 2 is 1.48 bits per heavy atom. The van der Waals surface area contributed by atoms with E-state index in [-0.39, 0.29) is 5.41 Å². The average Bonchev–Trinajstić information content (AvgIpc) is 3.08. The van der Waals surface area contributed by atoms with E-state index in [1.165, 1.54) is 38.1 Å². The number of nitrogens with zero attached hydrogens (tertiary/aromatic N) is 1. The minimum absolute atomic E-state index is 0.139. The molecule has 0 N–H and O–H groups in total. The van der Waals surface area contributed by atoms with Crippen molar-refractivity contribution in [2.45, 2.75) is 26.2 Å². The number of hydrogen-bond acceptors (Lipinski definition) is 1. The molecule has 25 heavy (non-hydrogen) atoms. The first kappa shape index (κ1) is 14.6. The first-order valence-electron chi connectivity index (χ1n) is 8.77. The van der Waals surface area contributed by atoms with Gasteiger partial charge in [0, 0.05) is 39.6 Å². The third-order valence-corrected chi connectivity index (χ3v) is 5.37. The molecule has 5 rings (SSSR count). The first-order valence-corrected chi connectivity index (χ1v) is 8.77. The lowest BCUT2D eigenvalue weighted by Gasteiger charge is -2.19. The monoisotopic (exact) mass is 327 g/mol. The largest absolute Gasteiger partial charge is 0.456 e. The zero-order valence-electron chi connectivity index (χ0n) is 15.1. The van der Waals surface area contributed by atoms with Crippen LogP contribution in [-0.4, -0.2) is 4.57 Å². The highest BCUT2D eigenvalue weighted by Gasteiger charge is 2.18. The van der Waals surface area contributed by atoms with E-state index in [1.54, 1.807) is 0 Å². The molecule has 124 valence electrons. The molecule has 0 bridgehead atoms. The van der Waals surface area contributed by atoms with Crippen molar-refractivity contribution in [1.82, 2.24) is 4.57 Å². The van der Waals surface area contributed by atoms with Crippen molar-refractivity contribution < 1.29 is 4.42 Å². The molecule has 0 spiro atoms. The summed E-state index contributed by atoms with van der Waals surface area (Å²) < 4.78 is 8.40. The maximum atomic E-state index is 6.11. The van der Waals surface area contributed by atoms with Crippen LogP contribution in [0.5, 0.6) is 0 Å². The summed E-state index contributed by atoms with van der Waals surface area (Å²) in [6.07, 6.45) is 0. The summed E-state index contributed by atoms with van der Waals surface area (Å²) >= 11 is 0. The molecule has 0 unspecified atom stereocenters. The molecule has 0 fully saturated rings. The highest BCUT2D eigenvalue weighted by molar-refractivity contribution is 6.16. The molecule has 0 aliphatic heterocycles. The summed E-state index contributed by atoms with van der Waals surface area (Å²) in [4.78, 5) is 0. The second-order valence-corrected chi connectivity index (χ2v) is 8.00. The van der Waals surface area contributed by atoms with Crippen LogP contribution in [0.4, 0.5) is 0 Å². The standard InChI is InChI=1S/C23H21NO/c1-23(2,3)14-9-10-19-16(11-14)17-13-22-18(12-20(17)24(19)4)15-7-5-6-8-21(15)25-22/h5-13H,1-4H3. The van der Waals surface area contributed by atoms with Gasteiger partial charge in [0.2, 0.25) is 0 Å². The van der Waals surface area contributed by atoms with Gasteiger partial charge in [-0.05, 0) is 41.3 Å². The van der Waals surface area contributed by atoms with Crippen molar-refractivity contribution in [3.05, 3.63) is 60.2 Å². The van der Waals surface area contributed by atoms with Crippen LogP contribution in [0.25, 0.3) is 43.7 Å². The molecular weight excluding hydrogens is 306 g/mol. The number of fused-ring (bicyclic) bond motifs is 6. The summed E-state index contributed by atoms with van der Waals surface area (Å²) in [5.41, 5.74) is 5.92. The Hall–Kier alpha value is -2.74. The molecule has 0 aliphatic rings.